The second-order valence-corrected chi connectivity index (χ2v) is 3.36. The molecule has 0 aromatic carbocycles. The number of aromatic nitrogens is 3. The summed E-state index contributed by atoms with van der Waals surface area (Å²) in [5.41, 5.74) is 5.54. The van der Waals surface area contributed by atoms with E-state index in [1.165, 1.54) is 21.3 Å². The van der Waals surface area contributed by atoms with E-state index in [0.717, 1.165) is 4.90 Å². The van der Waals surface area contributed by atoms with Crippen LogP contribution in [0.3, 0.4) is 0 Å². The normalized spacial score (nSPS) is 11.4. The van der Waals surface area contributed by atoms with Crippen molar-refractivity contribution in [2.45, 2.75) is 6.10 Å². The highest BCUT2D eigenvalue weighted by Crippen LogP contribution is 2.24. The molecule has 1 aromatic heterocycles. The van der Waals surface area contributed by atoms with Crippen LogP contribution in [-0.2, 0) is 14.2 Å². The van der Waals surface area contributed by atoms with E-state index in [1.807, 2.05) is 0 Å². The zero-order valence-corrected chi connectivity index (χ0v) is 11.4. The number of nitrogens with zero attached hydrogens (tertiary/aromatic N) is 4. The molecule has 5 N–H and O–H groups in total. The Hall–Kier alpha value is -1.79. The minimum atomic E-state index is -1.74. The molecule has 1 aromatic rings. The fraction of sp³-hybridized carbons (Fsp3) is 0.667. The molecule has 0 amide bonds. The Balaban J connectivity index is 3.23. The van der Waals surface area contributed by atoms with Crippen LogP contribution in [0.15, 0.2) is 0 Å². The molecule has 0 atom stereocenters. The van der Waals surface area contributed by atoms with Crippen LogP contribution < -0.4 is 16.0 Å². The zero-order chi connectivity index (χ0) is 15.2. The maximum Gasteiger partial charge on any atom is 0.380 e. The Morgan fingerprint density at radius 1 is 1.15 bits per heavy atom. The van der Waals surface area contributed by atoms with Gasteiger partial charge in [0.2, 0.25) is 17.8 Å². The summed E-state index contributed by atoms with van der Waals surface area (Å²) in [4.78, 5) is 12.6. The van der Waals surface area contributed by atoms with Crippen LogP contribution in [0.25, 0.3) is 0 Å². The molecule has 0 aliphatic rings. The van der Waals surface area contributed by atoms with Crippen LogP contribution in [0, 0.1) is 0 Å². The van der Waals surface area contributed by atoms with Gasteiger partial charge < -0.3 is 35.5 Å². The van der Waals surface area contributed by atoms with Gasteiger partial charge in [-0.3, -0.25) is 0 Å². The highest BCUT2D eigenvalue weighted by Gasteiger charge is 2.40. The van der Waals surface area contributed by atoms with Crippen LogP contribution in [0.5, 0.6) is 0 Å². The molecule has 0 radical (unpaired) electrons. The van der Waals surface area contributed by atoms with Gasteiger partial charge in [-0.1, -0.05) is 0 Å². The van der Waals surface area contributed by atoms with Crippen molar-refractivity contribution in [2.24, 2.45) is 0 Å². The van der Waals surface area contributed by atoms with Gasteiger partial charge in [0.25, 0.3) is 0 Å². The van der Waals surface area contributed by atoms with Gasteiger partial charge in [0.05, 0.1) is 0 Å². The van der Waals surface area contributed by atoms with Crippen molar-refractivity contribution in [1.82, 2.24) is 15.0 Å². The van der Waals surface area contributed by atoms with Gasteiger partial charge in [-0.25, -0.2) is 4.90 Å². The lowest BCUT2D eigenvalue weighted by molar-refractivity contribution is -0.354. The van der Waals surface area contributed by atoms with Crippen molar-refractivity contribution >= 4 is 17.8 Å². The Morgan fingerprint density at radius 3 is 2.20 bits per heavy atom. The van der Waals surface area contributed by atoms with Gasteiger partial charge in [0, 0.05) is 21.3 Å². The summed E-state index contributed by atoms with van der Waals surface area (Å²) in [6.45, 7) is -0.983. The molecule has 0 fully saturated rings. The lowest BCUT2D eigenvalue weighted by atomic mass is 10.6. The van der Waals surface area contributed by atoms with E-state index in [-0.39, 0.29) is 17.8 Å². The summed E-state index contributed by atoms with van der Waals surface area (Å²) >= 11 is 0. The fourth-order valence-electron chi connectivity index (χ4n) is 1.50. The molecule has 0 saturated carbocycles. The van der Waals surface area contributed by atoms with E-state index in [0.29, 0.717) is 0 Å². The van der Waals surface area contributed by atoms with E-state index in [1.54, 1.807) is 0 Å². The number of nitrogens with two attached hydrogens (primary N) is 1. The first-order valence-electron chi connectivity index (χ1n) is 5.47. The predicted octanol–water partition coefficient (Wildman–Crippen LogP) is -1.88. The summed E-state index contributed by atoms with van der Waals surface area (Å²) in [6, 6.07) is 0. The number of methoxy groups -OCH3 is 3. The highest BCUT2D eigenvalue weighted by molar-refractivity contribution is 5.42. The topological polar surface area (TPSA) is 148 Å². The van der Waals surface area contributed by atoms with E-state index in [2.05, 4.69) is 20.3 Å². The number of hydrogen-bond acceptors (Lipinski definition) is 11. The predicted molar refractivity (Wildman–Crippen MR) is 68.3 cm³/mol. The van der Waals surface area contributed by atoms with Crippen molar-refractivity contribution in [3.05, 3.63) is 0 Å². The molecule has 11 heteroatoms. The third kappa shape index (κ3) is 3.20. The quantitative estimate of drug-likeness (QED) is 0.398. The number of hydrogen-bond donors (Lipinski definition) is 4. The molecule has 0 aliphatic carbocycles. The standard InChI is InChI=1S/C9H18N6O5/c1-18-9(19-2,20-3)15(5-17)8-13-6(10)12-7(14-8)11-4-16/h16-17H,4-5H2,1-3H3,(H3,10,11,12,13,14). The van der Waals surface area contributed by atoms with Gasteiger partial charge in [-0.15, -0.1) is 0 Å². The average Bonchev–Trinajstić information content (AvgIpc) is 2.44. The van der Waals surface area contributed by atoms with Crippen LogP contribution >= 0.6 is 0 Å². The summed E-state index contributed by atoms with van der Waals surface area (Å²) in [5, 5.41) is 20.8. The highest BCUT2D eigenvalue weighted by atomic mass is 16.9. The van der Waals surface area contributed by atoms with Crippen LogP contribution in [0.4, 0.5) is 17.8 Å². The second kappa shape index (κ2) is 7.12. The smallest absolute Gasteiger partial charge is 0.376 e. The summed E-state index contributed by atoms with van der Waals surface area (Å²) in [6.07, 6.45) is -1.74. The minimum absolute atomic E-state index is 0.0191. The number of nitrogens with one attached hydrogen (secondary N) is 1. The molecular weight excluding hydrogens is 272 g/mol. The fourth-order valence-corrected chi connectivity index (χ4v) is 1.50. The van der Waals surface area contributed by atoms with Crippen molar-refractivity contribution in [3.63, 3.8) is 0 Å². The molecule has 0 aliphatic heterocycles. The molecular formula is C9H18N6O5. The SMILES string of the molecule is COC(OC)(OC)N(CO)c1nc(N)nc(NCO)n1. The number of anilines is 3. The summed E-state index contributed by atoms with van der Waals surface area (Å²) < 4.78 is 15.3. The molecule has 1 rings (SSSR count). The summed E-state index contributed by atoms with van der Waals surface area (Å²) in [5.74, 6) is -0.172. The monoisotopic (exact) mass is 290 g/mol. The lowest BCUT2D eigenvalue weighted by Gasteiger charge is -2.37. The zero-order valence-electron chi connectivity index (χ0n) is 11.4. The molecule has 114 valence electrons. The number of ether oxygens (including phenoxy) is 3. The first-order valence-corrected chi connectivity index (χ1v) is 5.47. The first-order chi connectivity index (χ1) is 9.56. The van der Waals surface area contributed by atoms with E-state index in [4.69, 9.17) is 25.1 Å². The van der Waals surface area contributed by atoms with Gasteiger partial charge in [0.15, 0.2) is 0 Å². The van der Waals surface area contributed by atoms with Crippen LogP contribution in [0.2, 0.25) is 0 Å². The van der Waals surface area contributed by atoms with E-state index in [9.17, 15) is 5.11 Å². The Bertz CT molecular complexity index is 421. The van der Waals surface area contributed by atoms with Crippen LogP contribution in [0.1, 0.15) is 0 Å². The largest absolute Gasteiger partial charge is 0.380 e. The number of rotatable bonds is 8. The third-order valence-electron chi connectivity index (χ3n) is 2.37. The van der Waals surface area contributed by atoms with Gasteiger partial charge >= 0.3 is 6.10 Å². The molecule has 11 nitrogen and oxygen atoms in total. The Labute approximate surface area is 115 Å². The lowest BCUT2D eigenvalue weighted by Crippen LogP contribution is -2.55. The van der Waals surface area contributed by atoms with Gasteiger partial charge in [0.1, 0.15) is 13.5 Å². The molecule has 0 unspecified atom stereocenters. The maximum atomic E-state index is 9.50. The third-order valence-corrected chi connectivity index (χ3v) is 2.37. The molecule has 1 heterocycles. The molecule has 0 spiro atoms. The van der Waals surface area contributed by atoms with E-state index < -0.39 is 19.6 Å². The molecule has 0 saturated heterocycles. The maximum absolute atomic E-state index is 9.50. The van der Waals surface area contributed by atoms with Crippen molar-refractivity contribution in [1.29, 1.82) is 0 Å². The van der Waals surface area contributed by atoms with Gasteiger partial charge in [-0.05, 0) is 0 Å². The van der Waals surface area contributed by atoms with Crippen molar-refractivity contribution < 1.29 is 24.4 Å². The second-order valence-electron chi connectivity index (χ2n) is 3.36. The number of aliphatic hydroxyl groups excluding tert-OH is 2. The van der Waals surface area contributed by atoms with Crippen molar-refractivity contribution in [2.75, 3.05) is 50.7 Å². The molecule has 20 heavy (non-hydrogen) atoms. The average molecular weight is 290 g/mol. The summed E-state index contributed by atoms with van der Waals surface area (Å²) in [7, 11) is 3.94. The first kappa shape index (κ1) is 16.3. The minimum Gasteiger partial charge on any atom is -0.376 e. The number of aliphatic hydroxyl groups is 2. The van der Waals surface area contributed by atoms with Gasteiger partial charge in [-0.2, -0.15) is 15.0 Å². The number of nitrogen functional groups attached to an aromatic ring is 1. The van der Waals surface area contributed by atoms with E-state index >= 15 is 0 Å². The molecule has 0 bridgehead atoms. The van der Waals surface area contributed by atoms with Crippen LogP contribution in [-0.4, -0.2) is 66.1 Å². The Kier molecular flexibility index (Phi) is 5.79. The van der Waals surface area contributed by atoms with Crippen molar-refractivity contribution in [3.8, 4) is 0 Å². The Morgan fingerprint density at radius 2 is 1.75 bits per heavy atom.